The Balaban J connectivity index is 2.19. The van der Waals surface area contributed by atoms with Gasteiger partial charge in [0.15, 0.2) is 6.61 Å². The Hall–Kier alpha value is -2.08. The summed E-state index contributed by atoms with van der Waals surface area (Å²) in [7, 11) is 0. The van der Waals surface area contributed by atoms with Crippen molar-refractivity contribution in [3.05, 3.63) is 23.8 Å². The van der Waals surface area contributed by atoms with E-state index in [2.05, 4.69) is 5.32 Å². The Bertz CT molecular complexity index is 544. The number of benzene rings is 1. The highest BCUT2D eigenvalue weighted by molar-refractivity contribution is 6.02. The van der Waals surface area contributed by atoms with E-state index in [0.717, 1.165) is 6.42 Å². The second-order valence-corrected chi connectivity index (χ2v) is 5.11. The molecule has 2 amide bonds. The number of aliphatic hydroxyl groups excluding tert-OH is 1. The lowest BCUT2D eigenvalue weighted by Crippen LogP contribution is -2.46. The van der Waals surface area contributed by atoms with Gasteiger partial charge >= 0.3 is 0 Å². The van der Waals surface area contributed by atoms with Gasteiger partial charge in [0, 0.05) is 6.04 Å². The molecule has 0 aliphatic carbocycles. The lowest BCUT2D eigenvalue weighted by Gasteiger charge is -2.29. The summed E-state index contributed by atoms with van der Waals surface area (Å²) in [5.41, 5.74) is 1.19. The first-order chi connectivity index (χ1) is 10.0. The second kappa shape index (κ2) is 6.58. The fourth-order valence-electron chi connectivity index (χ4n) is 2.09. The van der Waals surface area contributed by atoms with E-state index in [1.807, 2.05) is 13.8 Å². The van der Waals surface area contributed by atoms with Crippen LogP contribution in [0.15, 0.2) is 18.2 Å². The Morgan fingerprint density at radius 1 is 1.52 bits per heavy atom. The Labute approximate surface area is 123 Å². The van der Waals surface area contributed by atoms with Crippen LogP contribution in [-0.4, -0.2) is 36.1 Å². The molecule has 1 heterocycles. The second-order valence-electron chi connectivity index (χ2n) is 5.11. The number of fused-ring (bicyclic) bond motifs is 1. The summed E-state index contributed by atoms with van der Waals surface area (Å²) < 4.78 is 5.34. The lowest BCUT2D eigenvalue weighted by molar-refractivity contribution is -0.125. The highest BCUT2D eigenvalue weighted by atomic mass is 16.5. The first-order valence-electron chi connectivity index (χ1n) is 7.01. The van der Waals surface area contributed by atoms with E-state index in [0.29, 0.717) is 17.0 Å². The number of hydrogen-bond donors (Lipinski definition) is 2. The number of anilines is 1. The molecule has 1 aliphatic rings. The van der Waals surface area contributed by atoms with E-state index < -0.39 is 0 Å². The van der Waals surface area contributed by atoms with Gasteiger partial charge in [0.2, 0.25) is 5.91 Å². The van der Waals surface area contributed by atoms with Crippen molar-refractivity contribution in [2.75, 3.05) is 18.1 Å². The van der Waals surface area contributed by atoms with Crippen molar-refractivity contribution >= 4 is 17.5 Å². The molecule has 0 saturated heterocycles. The number of carbonyl (C=O) groups excluding carboxylic acids is 2. The molecule has 1 unspecified atom stereocenters. The first kappa shape index (κ1) is 15.3. The van der Waals surface area contributed by atoms with Crippen LogP contribution < -0.4 is 15.0 Å². The summed E-state index contributed by atoms with van der Waals surface area (Å²) in [6, 6.07) is 5.17. The molecule has 6 nitrogen and oxygen atoms in total. The van der Waals surface area contributed by atoms with Gasteiger partial charge in [-0.1, -0.05) is 13.0 Å². The molecule has 21 heavy (non-hydrogen) atoms. The molecule has 0 aromatic heterocycles. The van der Waals surface area contributed by atoms with Crippen molar-refractivity contribution in [3.63, 3.8) is 0 Å². The van der Waals surface area contributed by atoms with E-state index in [1.54, 1.807) is 18.2 Å². The van der Waals surface area contributed by atoms with Crippen LogP contribution in [0.3, 0.4) is 0 Å². The van der Waals surface area contributed by atoms with Gasteiger partial charge < -0.3 is 15.2 Å². The topological polar surface area (TPSA) is 78.9 Å². The van der Waals surface area contributed by atoms with Crippen LogP contribution in [-0.2, 0) is 16.2 Å². The largest absolute Gasteiger partial charge is 0.482 e. The van der Waals surface area contributed by atoms with Gasteiger partial charge in [-0.3, -0.25) is 14.5 Å². The Morgan fingerprint density at radius 3 is 2.95 bits per heavy atom. The van der Waals surface area contributed by atoms with Gasteiger partial charge in [0.05, 0.1) is 12.3 Å². The summed E-state index contributed by atoms with van der Waals surface area (Å²) in [6.45, 7) is 3.63. The average Bonchev–Trinajstić information content (AvgIpc) is 2.49. The molecule has 1 aromatic carbocycles. The fraction of sp³-hybridized carbons (Fsp3) is 0.467. The number of nitrogens with one attached hydrogen (secondary N) is 1. The summed E-state index contributed by atoms with van der Waals surface area (Å²) in [5, 5.41) is 12.0. The summed E-state index contributed by atoms with van der Waals surface area (Å²) in [6.07, 6.45) is 0.827. The SMILES string of the molecule is CCC(C)NC(=O)CN1C(=O)COc2ccc(CO)cc21. The number of ether oxygens (including phenoxy) is 1. The third kappa shape index (κ3) is 3.52. The van der Waals surface area contributed by atoms with Gasteiger partial charge in [-0.15, -0.1) is 0 Å². The minimum atomic E-state index is -0.267. The van der Waals surface area contributed by atoms with Crippen molar-refractivity contribution in [3.8, 4) is 5.75 Å². The molecule has 1 aromatic rings. The molecule has 0 spiro atoms. The first-order valence-corrected chi connectivity index (χ1v) is 7.01. The van der Waals surface area contributed by atoms with E-state index in [1.165, 1.54) is 4.90 Å². The van der Waals surface area contributed by atoms with Gasteiger partial charge in [-0.05, 0) is 31.0 Å². The summed E-state index contributed by atoms with van der Waals surface area (Å²) in [5.74, 6) is 0.0694. The molecular formula is C15H20N2O4. The number of hydrogen-bond acceptors (Lipinski definition) is 4. The molecule has 114 valence electrons. The number of rotatable bonds is 5. The van der Waals surface area contributed by atoms with E-state index in [9.17, 15) is 14.7 Å². The van der Waals surface area contributed by atoms with Crippen LogP contribution in [0.1, 0.15) is 25.8 Å². The van der Waals surface area contributed by atoms with Gasteiger partial charge in [-0.25, -0.2) is 0 Å². The highest BCUT2D eigenvalue weighted by Crippen LogP contribution is 2.32. The monoisotopic (exact) mass is 292 g/mol. The highest BCUT2D eigenvalue weighted by Gasteiger charge is 2.27. The van der Waals surface area contributed by atoms with Crippen molar-refractivity contribution in [2.24, 2.45) is 0 Å². The molecule has 1 aliphatic heterocycles. The number of nitrogens with zero attached hydrogens (tertiary/aromatic N) is 1. The summed E-state index contributed by atoms with van der Waals surface area (Å²) >= 11 is 0. The van der Waals surface area contributed by atoms with Gasteiger partial charge in [0.1, 0.15) is 12.3 Å². The maximum atomic E-state index is 12.0. The summed E-state index contributed by atoms with van der Waals surface area (Å²) in [4.78, 5) is 25.4. The van der Waals surface area contributed by atoms with Crippen molar-refractivity contribution in [1.82, 2.24) is 5.32 Å². The van der Waals surface area contributed by atoms with Crippen molar-refractivity contribution in [2.45, 2.75) is 32.9 Å². The Kier molecular flexibility index (Phi) is 4.80. The molecule has 2 N–H and O–H groups in total. The van der Waals surface area contributed by atoms with Crippen LogP contribution in [0.2, 0.25) is 0 Å². The predicted molar refractivity (Wildman–Crippen MR) is 78.1 cm³/mol. The molecule has 0 fully saturated rings. The van der Waals surface area contributed by atoms with Crippen LogP contribution in [0, 0.1) is 0 Å². The van der Waals surface area contributed by atoms with E-state index in [4.69, 9.17) is 4.74 Å². The van der Waals surface area contributed by atoms with Gasteiger partial charge in [0.25, 0.3) is 5.91 Å². The standard InChI is InChI=1S/C15H20N2O4/c1-3-10(2)16-14(19)7-17-12-6-11(8-18)4-5-13(12)21-9-15(17)20/h4-6,10,18H,3,7-9H2,1-2H3,(H,16,19). The molecule has 2 rings (SSSR count). The molecular weight excluding hydrogens is 272 g/mol. The van der Waals surface area contributed by atoms with Crippen LogP contribution in [0.5, 0.6) is 5.75 Å². The maximum Gasteiger partial charge on any atom is 0.265 e. The minimum Gasteiger partial charge on any atom is -0.482 e. The zero-order chi connectivity index (χ0) is 15.4. The average molecular weight is 292 g/mol. The van der Waals surface area contributed by atoms with Crippen LogP contribution in [0.4, 0.5) is 5.69 Å². The molecule has 0 radical (unpaired) electrons. The fourth-order valence-corrected chi connectivity index (χ4v) is 2.09. The normalized spacial score (nSPS) is 15.2. The maximum absolute atomic E-state index is 12.0. The van der Waals surface area contributed by atoms with E-state index >= 15 is 0 Å². The van der Waals surface area contributed by atoms with Gasteiger partial charge in [-0.2, -0.15) is 0 Å². The zero-order valence-electron chi connectivity index (χ0n) is 12.3. The van der Waals surface area contributed by atoms with Crippen LogP contribution >= 0.6 is 0 Å². The zero-order valence-corrected chi connectivity index (χ0v) is 12.3. The minimum absolute atomic E-state index is 0.0472. The molecule has 1 atom stereocenters. The van der Waals surface area contributed by atoms with Crippen molar-refractivity contribution in [1.29, 1.82) is 0 Å². The predicted octanol–water partition coefficient (Wildman–Crippen LogP) is 0.819. The quantitative estimate of drug-likeness (QED) is 0.842. The lowest BCUT2D eigenvalue weighted by atomic mass is 10.1. The number of aliphatic hydroxyl groups is 1. The molecule has 0 bridgehead atoms. The third-order valence-electron chi connectivity index (χ3n) is 3.47. The number of amides is 2. The number of carbonyl (C=O) groups is 2. The van der Waals surface area contributed by atoms with Crippen LogP contribution in [0.25, 0.3) is 0 Å². The molecule has 0 saturated carbocycles. The molecule has 6 heteroatoms. The van der Waals surface area contributed by atoms with Crippen molar-refractivity contribution < 1.29 is 19.4 Å². The third-order valence-corrected chi connectivity index (χ3v) is 3.47. The smallest absolute Gasteiger partial charge is 0.265 e. The Morgan fingerprint density at radius 2 is 2.29 bits per heavy atom. The van der Waals surface area contributed by atoms with E-state index in [-0.39, 0.29) is 37.6 Å².